The molecule has 1 saturated carbocycles. The fraction of sp³-hybridized carbons (Fsp3) is 0.381. The molecule has 2 amide bonds. The number of anilines is 1. The fourth-order valence-corrected chi connectivity index (χ4v) is 3.02. The van der Waals surface area contributed by atoms with E-state index in [9.17, 15) is 13.6 Å². The summed E-state index contributed by atoms with van der Waals surface area (Å²) >= 11 is 0. The molecule has 0 heterocycles. The molecule has 0 spiro atoms. The van der Waals surface area contributed by atoms with Gasteiger partial charge in [-0.2, -0.15) is 8.78 Å². The van der Waals surface area contributed by atoms with Crippen LogP contribution in [0.15, 0.2) is 42.5 Å². The minimum absolute atomic E-state index is 0.0277. The zero-order valence-electron chi connectivity index (χ0n) is 16.0. The van der Waals surface area contributed by atoms with Gasteiger partial charge in [-0.3, -0.25) is 0 Å². The molecule has 0 bridgehead atoms. The van der Waals surface area contributed by atoms with Crippen molar-refractivity contribution in [2.24, 2.45) is 0 Å². The van der Waals surface area contributed by atoms with E-state index in [2.05, 4.69) is 17.0 Å². The lowest BCUT2D eigenvalue weighted by Gasteiger charge is -2.23. The van der Waals surface area contributed by atoms with Crippen molar-refractivity contribution in [3.63, 3.8) is 0 Å². The van der Waals surface area contributed by atoms with E-state index in [4.69, 9.17) is 4.74 Å². The van der Waals surface area contributed by atoms with Crippen LogP contribution < -0.4 is 14.8 Å². The summed E-state index contributed by atoms with van der Waals surface area (Å²) in [5.41, 5.74) is 2.69. The van der Waals surface area contributed by atoms with Crippen molar-refractivity contribution in [3.8, 4) is 11.5 Å². The Kier molecular flexibility index (Phi) is 6.34. The molecule has 1 fully saturated rings. The van der Waals surface area contributed by atoms with Gasteiger partial charge in [0.2, 0.25) is 0 Å². The molecule has 1 aliphatic rings. The second-order valence-electron chi connectivity index (χ2n) is 6.71. The van der Waals surface area contributed by atoms with Crippen LogP contribution in [0.3, 0.4) is 0 Å². The van der Waals surface area contributed by atoms with Gasteiger partial charge in [-0.05, 0) is 54.7 Å². The number of carbonyl (C=O) groups excluding carboxylic acids is 1. The van der Waals surface area contributed by atoms with E-state index in [0.717, 1.165) is 36.1 Å². The number of nitrogens with zero attached hydrogens (tertiary/aromatic N) is 1. The van der Waals surface area contributed by atoms with Crippen molar-refractivity contribution >= 4 is 11.7 Å². The number of aryl methyl sites for hydroxylation is 1. The lowest BCUT2D eigenvalue weighted by Crippen LogP contribution is -2.36. The first-order valence-electron chi connectivity index (χ1n) is 9.28. The van der Waals surface area contributed by atoms with Crippen molar-refractivity contribution in [1.82, 2.24) is 4.90 Å². The number of hydrogen-bond donors (Lipinski definition) is 1. The Labute approximate surface area is 163 Å². The van der Waals surface area contributed by atoms with Crippen molar-refractivity contribution < 1.29 is 23.0 Å². The number of methoxy groups -OCH3 is 1. The van der Waals surface area contributed by atoms with Gasteiger partial charge in [-0.25, -0.2) is 4.79 Å². The SMILES string of the molecule is CCc1cccc(NC(=O)N(Cc2ccc(OC(F)F)c(OC)c2)C2CC2)c1. The number of urea groups is 1. The number of amides is 2. The Morgan fingerprint density at radius 2 is 1.96 bits per heavy atom. The molecule has 7 heteroatoms. The van der Waals surface area contributed by atoms with Gasteiger partial charge >= 0.3 is 12.6 Å². The molecule has 5 nitrogen and oxygen atoms in total. The number of rotatable bonds is 8. The third-order valence-corrected chi connectivity index (χ3v) is 4.63. The first kappa shape index (κ1) is 19.9. The van der Waals surface area contributed by atoms with Crippen LogP contribution in [0.5, 0.6) is 11.5 Å². The Morgan fingerprint density at radius 3 is 2.61 bits per heavy atom. The van der Waals surface area contributed by atoms with Crippen LogP contribution in [-0.2, 0) is 13.0 Å². The quantitative estimate of drug-likeness (QED) is 0.686. The van der Waals surface area contributed by atoms with Gasteiger partial charge in [0.25, 0.3) is 0 Å². The molecule has 1 N–H and O–H groups in total. The van der Waals surface area contributed by atoms with Gasteiger partial charge in [0, 0.05) is 18.3 Å². The molecular weight excluding hydrogens is 366 g/mol. The number of ether oxygens (including phenoxy) is 2. The maximum Gasteiger partial charge on any atom is 0.387 e. The average Bonchev–Trinajstić information content (AvgIpc) is 3.51. The molecule has 3 rings (SSSR count). The van der Waals surface area contributed by atoms with Crippen LogP contribution in [0.4, 0.5) is 19.3 Å². The van der Waals surface area contributed by atoms with Crippen molar-refractivity contribution in [3.05, 3.63) is 53.6 Å². The Balaban J connectivity index is 1.73. The molecular formula is C21H24F2N2O3. The summed E-state index contributed by atoms with van der Waals surface area (Å²) in [4.78, 5) is 14.6. The minimum Gasteiger partial charge on any atom is -0.493 e. The topological polar surface area (TPSA) is 50.8 Å². The lowest BCUT2D eigenvalue weighted by atomic mass is 10.1. The van der Waals surface area contributed by atoms with Gasteiger partial charge in [-0.15, -0.1) is 0 Å². The number of nitrogens with one attached hydrogen (secondary N) is 1. The van der Waals surface area contributed by atoms with E-state index in [1.54, 1.807) is 17.0 Å². The number of carbonyl (C=O) groups is 1. The first-order valence-corrected chi connectivity index (χ1v) is 9.28. The van der Waals surface area contributed by atoms with E-state index >= 15 is 0 Å². The Bertz CT molecular complexity index is 825. The molecule has 2 aromatic rings. The molecule has 0 aliphatic heterocycles. The summed E-state index contributed by atoms with van der Waals surface area (Å²) in [7, 11) is 1.39. The minimum atomic E-state index is -2.92. The molecule has 0 radical (unpaired) electrons. The van der Waals surface area contributed by atoms with Gasteiger partial charge in [0.1, 0.15) is 0 Å². The highest BCUT2D eigenvalue weighted by molar-refractivity contribution is 5.89. The van der Waals surface area contributed by atoms with Crippen molar-refractivity contribution in [2.45, 2.75) is 45.4 Å². The number of benzene rings is 2. The highest BCUT2D eigenvalue weighted by Gasteiger charge is 2.33. The normalized spacial score (nSPS) is 13.3. The molecule has 2 aromatic carbocycles. The Morgan fingerprint density at radius 1 is 1.18 bits per heavy atom. The highest BCUT2D eigenvalue weighted by Crippen LogP contribution is 2.33. The van der Waals surface area contributed by atoms with Crippen LogP contribution in [0.25, 0.3) is 0 Å². The third kappa shape index (κ3) is 5.12. The molecule has 0 unspecified atom stereocenters. The second-order valence-corrected chi connectivity index (χ2v) is 6.71. The average molecular weight is 390 g/mol. The first-order chi connectivity index (χ1) is 13.5. The van der Waals surface area contributed by atoms with Crippen molar-refractivity contribution in [1.29, 1.82) is 0 Å². The molecule has 0 aromatic heterocycles. The predicted octanol–water partition coefficient (Wildman–Crippen LogP) is 5.06. The van der Waals surface area contributed by atoms with Gasteiger partial charge in [0.15, 0.2) is 11.5 Å². The zero-order chi connectivity index (χ0) is 20.1. The van der Waals surface area contributed by atoms with Crippen LogP contribution in [0.1, 0.15) is 30.9 Å². The van der Waals surface area contributed by atoms with Gasteiger partial charge in [0.05, 0.1) is 7.11 Å². The van der Waals surface area contributed by atoms with E-state index in [1.165, 1.54) is 13.2 Å². The van der Waals surface area contributed by atoms with Crippen LogP contribution in [0, 0.1) is 0 Å². The summed E-state index contributed by atoms with van der Waals surface area (Å²) in [6, 6.07) is 12.5. The molecule has 28 heavy (non-hydrogen) atoms. The van der Waals surface area contributed by atoms with E-state index in [1.807, 2.05) is 24.3 Å². The number of alkyl halides is 2. The van der Waals surface area contributed by atoms with Crippen molar-refractivity contribution in [2.75, 3.05) is 12.4 Å². The fourth-order valence-electron chi connectivity index (χ4n) is 3.02. The largest absolute Gasteiger partial charge is 0.493 e. The highest BCUT2D eigenvalue weighted by atomic mass is 19.3. The molecule has 0 atom stereocenters. The van der Waals surface area contributed by atoms with Gasteiger partial charge in [-0.1, -0.05) is 25.1 Å². The van der Waals surface area contributed by atoms with E-state index < -0.39 is 6.61 Å². The number of hydrogen-bond acceptors (Lipinski definition) is 3. The summed E-state index contributed by atoms with van der Waals surface area (Å²) in [5.74, 6) is 0.185. The smallest absolute Gasteiger partial charge is 0.387 e. The summed E-state index contributed by atoms with van der Waals surface area (Å²) in [5, 5.41) is 2.96. The maximum absolute atomic E-state index is 12.8. The molecule has 1 aliphatic carbocycles. The lowest BCUT2D eigenvalue weighted by molar-refractivity contribution is -0.0512. The molecule has 0 saturated heterocycles. The molecule has 150 valence electrons. The van der Waals surface area contributed by atoms with Crippen LogP contribution in [0.2, 0.25) is 0 Å². The van der Waals surface area contributed by atoms with E-state index in [-0.39, 0.29) is 23.6 Å². The maximum atomic E-state index is 12.8. The predicted molar refractivity (Wildman–Crippen MR) is 103 cm³/mol. The Hall–Kier alpha value is -2.83. The van der Waals surface area contributed by atoms with Crippen LogP contribution >= 0.6 is 0 Å². The van der Waals surface area contributed by atoms with Crippen LogP contribution in [-0.4, -0.2) is 30.7 Å². The third-order valence-electron chi connectivity index (χ3n) is 4.63. The summed E-state index contributed by atoms with van der Waals surface area (Å²) < 4.78 is 34.6. The second kappa shape index (κ2) is 8.91. The standard InChI is InChI=1S/C21H24F2N2O3/c1-3-14-5-4-6-16(11-14)24-21(26)25(17-8-9-17)13-15-7-10-18(28-20(22)23)19(12-15)27-2/h4-7,10-12,17,20H,3,8-9,13H2,1-2H3,(H,24,26). The van der Waals surface area contributed by atoms with Gasteiger partial charge < -0.3 is 19.7 Å². The monoisotopic (exact) mass is 390 g/mol. The van der Waals surface area contributed by atoms with E-state index in [0.29, 0.717) is 6.54 Å². The number of halogens is 2. The zero-order valence-corrected chi connectivity index (χ0v) is 16.0. The summed E-state index contributed by atoms with van der Waals surface area (Å²) in [6.45, 7) is -0.506. The summed E-state index contributed by atoms with van der Waals surface area (Å²) in [6.07, 6.45) is 2.79.